The summed E-state index contributed by atoms with van der Waals surface area (Å²) in [4.78, 5) is 20.0. The molecule has 0 spiro atoms. The zero-order valence-corrected chi connectivity index (χ0v) is 15.1. The SMILES string of the molecule is CCOc1ncc(NC(=O)/C=C/c2cc(OC)c(OC)c(OC)c2)cn1. The van der Waals surface area contributed by atoms with Gasteiger partial charge in [0, 0.05) is 6.08 Å². The van der Waals surface area contributed by atoms with Crippen LogP contribution in [0.15, 0.2) is 30.6 Å². The van der Waals surface area contributed by atoms with Crippen LogP contribution >= 0.6 is 0 Å². The molecular weight excluding hydrogens is 338 g/mol. The number of anilines is 1. The van der Waals surface area contributed by atoms with Gasteiger partial charge in [0.25, 0.3) is 0 Å². The average molecular weight is 359 g/mol. The molecule has 0 saturated carbocycles. The first-order chi connectivity index (χ1) is 12.6. The Bertz CT molecular complexity index is 750. The highest BCUT2D eigenvalue weighted by Crippen LogP contribution is 2.38. The van der Waals surface area contributed by atoms with Gasteiger partial charge in [0.15, 0.2) is 11.5 Å². The third kappa shape index (κ3) is 4.85. The van der Waals surface area contributed by atoms with Crippen molar-refractivity contribution >= 4 is 17.7 Å². The van der Waals surface area contributed by atoms with Gasteiger partial charge < -0.3 is 24.3 Å². The first kappa shape index (κ1) is 19.0. The highest BCUT2D eigenvalue weighted by Gasteiger charge is 2.12. The lowest BCUT2D eigenvalue weighted by atomic mass is 10.1. The number of nitrogens with zero attached hydrogens (tertiary/aromatic N) is 2. The minimum atomic E-state index is -0.327. The topological polar surface area (TPSA) is 91.8 Å². The van der Waals surface area contributed by atoms with Crippen LogP contribution in [0.5, 0.6) is 23.3 Å². The first-order valence-electron chi connectivity index (χ1n) is 7.85. The zero-order valence-electron chi connectivity index (χ0n) is 15.1. The van der Waals surface area contributed by atoms with Crippen molar-refractivity contribution in [3.05, 3.63) is 36.2 Å². The lowest BCUT2D eigenvalue weighted by Gasteiger charge is -2.12. The molecule has 1 aromatic heterocycles. The molecule has 0 aliphatic carbocycles. The third-order valence-electron chi connectivity index (χ3n) is 3.28. The Morgan fingerprint density at radius 2 is 1.69 bits per heavy atom. The quantitative estimate of drug-likeness (QED) is 0.724. The van der Waals surface area contributed by atoms with Crippen LogP contribution in [0.4, 0.5) is 5.69 Å². The number of rotatable bonds is 8. The summed E-state index contributed by atoms with van der Waals surface area (Å²) < 4.78 is 21.0. The maximum Gasteiger partial charge on any atom is 0.316 e. The van der Waals surface area contributed by atoms with E-state index in [4.69, 9.17) is 18.9 Å². The maximum atomic E-state index is 12.1. The van der Waals surface area contributed by atoms with E-state index >= 15 is 0 Å². The van der Waals surface area contributed by atoms with Gasteiger partial charge >= 0.3 is 6.01 Å². The first-order valence-corrected chi connectivity index (χ1v) is 7.85. The van der Waals surface area contributed by atoms with Crippen LogP contribution in [-0.2, 0) is 4.79 Å². The second kappa shape index (κ2) is 9.26. The molecule has 8 heteroatoms. The van der Waals surface area contributed by atoms with Crippen LogP contribution in [-0.4, -0.2) is 43.8 Å². The molecular formula is C18H21N3O5. The van der Waals surface area contributed by atoms with Gasteiger partial charge in [0.1, 0.15) is 0 Å². The number of carbonyl (C=O) groups is 1. The molecule has 0 atom stereocenters. The molecule has 138 valence electrons. The Morgan fingerprint density at radius 3 is 2.19 bits per heavy atom. The van der Waals surface area contributed by atoms with Crippen LogP contribution in [0.3, 0.4) is 0 Å². The van der Waals surface area contributed by atoms with E-state index in [0.29, 0.717) is 29.5 Å². The van der Waals surface area contributed by atoms with Crippen molar-refractivity contribution in [1.29, 1.82) is 0 Å². The van der Waals surface area contributed by atoms with Crippen LogP contribution in [0, 0.1) is 0 Å². The van der Waals surface area contributed by atoms with Crippen LogP contribution in [0.25, 0.3) is 6.08 Å². The normalized spacial score (nSPS) is 10.5. The van der Waals surface area contributed by atoms with Gasteiger partial charge in [-0.2, -0.15) is 0 Å². The van der Waals surface area contributed by atoms with E-state index in [9.17, 15) is 4.79 Å². The Kier molecular flexibility index (Phi) is 6.78. The summed E-state index contributed by atoms with van der Waals surface area (Å²) in [6.45, 7) is 2.32. The summed E-state index contributed by atoms with van der Waals surface area (Å²) in [5, 5.41) is 2.67. The maximum absolute atomic E-state index is 12.1. The fourth-order valence-electron chi connectivity index (χ4n) is 2.14. The molecule has 0 unspecified atom stereocenters. The number of ether oxygens (including phenoxy) is 4. The van der Waals surface area contributed by atoms with Crippen molar-refractivity contribution in [1.82, 2.24) is 9.97 Å². The van der Waals surface area contributed by atoms with Crippen molar-refractivity contribution in [3.8, 4) is 23.3 Å². The monoisotopic (exact) mass is 359 g/mol. The molecule has 1 heterocycles. The molecule has 0 bridgehead atoms. The van der Waals surface area contributed by atoms with Crippen molar-refractivity contribution in [3.63, 3.8) is 0 Å². The summed E-state index contributed by atoms with van der Waals surface area (Å²) in [6, 6.07) is 3.74. The molecule has 1 aromatic carbocycles. The average Bonchev–Trinajstić information content (AvgIpc) is 2.67. The van der Waals surface area contributed by atoms with Crippen molar-refractivity contribution in [2.24, 2.45) is 0 Å². The Hall–Kier alpha value is -3.29. The van der Waals surface area contributed by atoms with Crippen molar-refractivity contribution in [2.75, 3.05) is 33.3 Å². The van der Waals surface area contributed by atoms with Crippen molar-refractivity contribution < 1.29 is 23.7 Å². The number of hydrogen-bond acceptors (Lipinski definition) is 7. The highest BCUT2D eigenvalue weighted by atomic mass is 16.5. The predicted octanol–water partition coefficient (Wildman–Crippen LogP) is 2.55. The van der Waals surface area contributed by atoms with Crippen LogP contribution in [0.1, 0.15) is 12.5 Å². The smallest absolute Gasteiger partial charge is 0.316 e. The van der Waals surface area contributed by atoms with Gasteiger partial charge in [0.05, 0.1) is 46.0 Å². The van der Waals surface area contributed by atoms with E-state index in [2.05, 4.69) is 15.3 Å². The molecule has 8 nitrogen and oxygen atoms in total. The van der Waals surface area contributed by atoms with Crippen molar-refractivity contribution in [2.45, 2.75) is 6.92 Å². The summed E-state index contributed by atoms with van der Waals surface area (Å²) in [7, 11) is 4.59. The second-order valence-electron chi connectivity index (χ2n) is 4.97. The minimum absolute atomic E-state index is 0.262. The van der Waals surface area contributed by atoms with Gasteiger partial charge in [0.2, 0.25) is 11.7 Å². The Morgan fingerprint density at radius 1 is 1.08 bits per heavy atom. The Balaban J connectivity index is 2.09. The van der Waals surface area contributed by atoms with E-state index in [1.54, 1.807) is 18.2 Å². The molecule has 0 saturated heterocycles. The highest BCUT2D eigenvalue weighted by molar-refractivity contribution is 6.01. The van der Waals surface area contributed by atoms with E-state index in [1.807, 2.05) is 6.92 Å². The molecule has 1 amide bonds. The number of hydrogen-bond donors (Lipinski definition) is 1. The fourth-order valence-corrected chi connectivity index (χ4v) is 2.14. The summed E-state index contributed by atoms with van der Waals surface area (Å²) in [6.07, 6.45) is 5.97. The number of amides is 1. The molecule has 2 rings (SSSR count). The van der Waals surface area contributed by atoms with Crippen LogP contribution < -0.4 is 24.3 Å². The van der Waals surface area contributed by atoms with Gasteiger partial charge in [-0.3, -0.25) is 4.79 Å². The molecule has 0 aliphatic heterocycles. The number of benzene rings is 1. The number of carbonyl (C=O) groups excluding carboxylic acids is 1. The molecule has 26 heavy (non-hydrogen) atoms. The zero-order chi connectivity index (χ0) is 18.9. The summed E-state index contributed by atoms with van der Waals surface area (Å²) >= 11 is 0. The van der Waals surface area contributed by atoms with E-state index in [0.717, 1.165) is 5.56 Å². The lowest BCUT2D eigenvalue weighted by molar-refractivity contribution is -0.111. The third-order valence-corrected chi connectivity index (χ3v) is 3.28. The molecule has 2 aromatic rings. The number of aromatic nitrogens is 2. The summed E-state index contributed by atoms with van der Waals surface area (Å²) in [5.41, 5.74) is 1.19. The molecule has 0 radical (unpaired) electrons. The fraction of sp³-hybridized carbons (Fsp3) is 0.278. The van der Waals surface area contributed by atoms with Gasteiger partial charge in [-0.05, 0) is 30.7 Å². The molecule has 0 aliphatic rings. The molecule has 1 N–H and O–H groups in total. The van der Waals surface area contributed by atoms with E-state index < -0.39 is 0 Å². The van der Waals surface area contributed by atoms with Gasteiger partial charge in [-0.25, -0.2) is 9.97 Å². The number of nitrogens with one attached hydrogen (secondary N) is 1. The predicted molar refractivity (Wildman–Crippen MR) is 97.0 cm³/mol. The molecule has 0 fully saturated rings. The van der Waals surface area contributed by atoms with E-state index in [-0.39, 0.29) is 11.9 Å². The van der Waals surface area contributed by atoms with Crippen LogP contribution in [0.2, 0.25) is 0 Å². The van der Waals surface area contributed by atoms with Gasteiger partial charge in [-0.15, -0.1) is 0 Å². The largest absolute Gasteiger partial charge is 0.493 e. The van der Waals surface area contributed by atoms with E-state index in [1.165, 1.54) is 39.8 Å². The lowest BCUT2D eigenvalue weighted by Crippen LogP contribution is -2.08. The number of methoxy groups -OCH3 is 3. The second-order valence-corrected chi connectivity index (χ2v) is 4.97. The standard InChI is InChI=1S/C18H21N3O5/c1-5-26-18-19-10-13(11-20-18)21-16(22)7-6-12-8-14(23-2)17(25-4)15(9-12)24-3/h6-11H,5H2,1-4H3,(H,21,22)/b7-6+. The minimum Gasteiger partial charge on any atom is -0.493 e. The van der Waals surface area contributed by atoms with Gasteiger partial charge in [-0.1, -0.05) is 0 Å². The Labute approximate surface area is 151 Å². The summed E-state index contributed by atoms with van der Waals surface area (Å²) in [5.74, 6) is 1.17.